The van der Waals surface area contributed by atoms with Gasteiger partial charge in [0.25, 0.3) is 0 Å². The van der Waals surface area contributed by atoms with Crippen LogP contribution in [0.5, 0.6) is 0 Å². The Morgan fingerprint density at radius 1 is 0.947 bits per heavy atom. The lowest BCUT2D eigenvalue weighted by Crippen LogP contribution is -2.23. The van der Waals surface area contributed by atoms with Crippen LogP contribution in [0.1, 0.15) is 0 Å². The van der Waals surface area contributed by atoms with Crippen molar-refractivity contribution >= 4 is 17.5 Å². The highest BCUT2D eigenvalue weighted by Gasteiger charge is 2.18. The van der Waals surface area contributed by atoms with E-state index in [4.69, 9.17) is 5.11 Å². The van der Waals surface area contributed by atoms with Crippen LogP contribution in [-0.4, -0.2) is 11.2 Å². The van der Waals surface area contributed by atoms with Crippen molar-refractivity contribution < 1.29 is 23.1 Å². The second-order valence-electron chi connectivity index (χ2n) is 3.70. The van der Waals surface area contributed by atoms with Gasteiger partial charge in [-0.25, -0.2) is 22.9 Å². The summed E-state index contributed by atoms with van der Waals surface area (Å²) in [5, 5.41) is 9.12. The van der Waals surface area contributed by atoms with Crippen molar-refractivity contribution in [1.29, 1.82) is 0 Å². The number of benzene rings is 2. The highest BCUT2D eigenvalue weighted by molar-refractivity contribution is 5.94. The topological polar surface area (TPSA) is 40.5 Å². The zero-order chi connectivity index (χ0) is 14.0. The summed E-state index contributed by atoms with van der Waals surface area (Å²) in [4.78, 5) is 11.9. The number of anilines is 2. The van der Waals surface area contributed by atoms with Crippen molar-refractivity contribution in [3.63, 3.8) is 0 Å². The number of hydrogen-bond acceptors (Lipinski definition) is 1. The van der Waals surface area contributed by atoms with Crippen LogP contribution in [0.25, 0.3) is 0 Å². The van der Waals surface area contributed by atoms with Crippen LogP contribution in [-0.2, 0) is 0 Å². The van der Waals surface area contributed by atoms with Gasteiger partial charge in [0.1, 0.15) is 5.82 Å². The number of carboxylic acid groups (broad SMARTS) is 1. The lowest BCUT2D eigenvalue weighted by molar-refractivity contribution is 0.205. The van der Waals surface area contributed by atoms with E-state index in [9.17, 15) is 18.0 Å². The molecule has 0 saturated heterocycles. The molecule has 0 atom stereocenters. The van der Waals surface area contributed by atoms with Gasteiger partial charge in [-0.3, -0.25) is 0 Å². The molecule has 0 fully saturated rings. The van der Waals surface area contributed by atoms with Gasteiger partial charge in [-0.1, -0.05) is 6.07 Å². The van der Waals surface area contributed by atoms with Gasteiger partial charge in [-0.2, -0.15) is 0 Å². The molecular formula is C13H8F3NO2. The molecule has 0 saturated carbocycles. The molecular weight excluding hydrogens is 259 g/mol. The average molecular weight is 267 g/mol. The van der Waals surface area contributed by atoms with E-state index in [1.807, 2.05) is 0 Å². The Morgan fingerprint density at radius 3 is 2.21 bits per heavy atom. The Bertz CT molecular complexity index is 631. The third kappa shape index (κ3) is 2.67. The molecule has 0 unspecified atom stereocenters. The first-order valence-corrected chi connectivity index (χ1v) is 5.22. The van der Waals surface area contributed by atoms with Gasteiger partial charge >= 0.3 is 6.09 Å². The van der Waals surface area contributed by atoms with Crippen molar-refractivity contribution in [3.8, 4) is 0 Å². The fourth-order valence-corrected chi connectivity index (χ4v) is 1.61. The standard InChI is InChI=1S/C13H8F3NO2/c14-8-2-1-3-9(6-8)17(13(18)19)10-4-5-11(15)12(16)7-10/h1-7H,(H,18,19). The van der Waals surface area contributed by atoms with Crippen LogP contribution < -0.4 is 4.90 Å². The summed E-state index contributed by atoms with van der Waals surface area (Å²) in [7, 11) is 0. The third-order valence-corrected chi connectivity index (χ3v) is 2.42. The van der Waals surface area contributed by atoms with Crippen LogP contribution in [0.4, 0.5) is 29.3 Å². The van der Waals surface area contributed by atoms with E-state index < -0.39 is 23.5 Å². The maximum Gasteiger partial charge on any atom is 0.416 e. The molecule has 0 aliphatic carbocycles. The minimum atomic E-state index is -1.43. The highest BCUT2D eigenvalue weighted by Crippen LogP contribution is 2.27. The summed E-state index contributed by atoms with van der Waals surface area (Å²) in [5.41, 5.74) is -0.115. The molecule has 98 valence electrons. The second kappa shape index (κ2) is 5.01. The molecule has 0 aliphatic rings. The molecule has 1 amide bonds. The highest BCUT2D eigenvalue weighted by atomic mass is 19.2. The Balaban J connectivity index is 2.51. The predicted octanol–water partition coefficient (Wildman–Crippen LogP) is 3.92. The summed E-state index contributed by atoms with van der Waals surface area (Å²) in [6, 6.07) is 7.43. The van der Waals surface area contributed by atoms with Crippen LogP contribution >= 0.6 is 0 Å². The lowest BCUT2D eigenvalue weighted by Gasteiger charge is -2.19. The van der Waals surface area contributed by atoms with Gasteiger partial charge < -0.3 is 5.11 Å². The molecule has 3 nitrogen and oxygen atoms in total. The molecule has 6 heteroatoms. The van der Waals surface area contributed by atoms with E-state index in [1.165, 1.54) is 12.1 Å². The summed E-state index contributed by atoms with van der Waals surface area (Å²) in [6.45, 7) is 0. The van der Waals surface area contributed by atoms with Crippen molar-refractivity contribution in [2.24, 2.45) is 0 Å². The molecule has 19 heavy (non-hydrogen) atoms. The van der Waals surface area contributed by atoms with Crippen molar-refractivity contribution in [2.75, 3.05) is 4.90 Å². The van der Waals surface area contributed by atoms with E-state index in [0.717, 1.165) is 30.3 Å². The first-order chi connectivity index (χ1) is 8.99. The minimum Gasteiger partial charge on any atom is -0.464 e. The number of halogens is 3. The molecule has 0 aromatic heterocycles. The predicted molar refractivity (Wildman–Crippen MR) is 62.9 cm³/mol. The number of amides is 1. The normalized spacial score (nSPS) is 10.3. The average Bonchev–Trinajstić information content (AvgIpc) is 2.33. The first kappa shape index (κ1) is 12.9. The molecule has 0 bridgehead atoms. The van der Waals surface area contributed by atoms with Gasteiger partial charge in [-0.15, -0.1) is 0 Å². The number of carbonyl (C=O) groups is 1. The van der Waals surface area contributed by atoms with Crippen molar-refractivity contribution in [1.82, 2.24) is 0 Å². The van der Waals surface area contributed by atoms with Gasteiger partial charge in [0.05, 0.1) is 11.4 Å². The summed E-state index contributed by atoms with van der Waals surface area (Å²) >= 11 is 0. The molecule has 2 aromatic carbocycles. The molecule has 2 rings (SSSR count). The van der Waals surface area contributed by atoms with E-state index >= 15 is 0 Å². The van der Waals surface area contributed by atoms with Crippen LogP contribution in [0.15, 0.2) is 42.5 Å². The van der Waals surface area contributed by atoms with Gasteiger partial charge in [0.2, 0.25) is 0 Å². The Morgan fingerprint density at radius 2 is 1.63 bits per heavy atom. The van der Waals surface area contributed by atoms with E-state index in [1.54, 1.807) is 0 Å². The summed E-state index contributed by atoms with van der Waals surface area (Å²) in [5.74, 6) is -2.90. The molecule has 0 aliphatic heterocycles. The van der Waals surface area contributed by atoms with Crippen molar-refractivity contribution in [3.05, 3.63) is 59.9 Å². The monoisotopic (exact) mass is 267 g/mol. The largest absolute Gasteiger partial charge is 0.464 e. The third-order valence-electron chi connectivity index (χ3n) is 2.42. The van der Waals surface area contributed by atoms with Crippen molar-refractivity contribution in [2.45, 2.75) is 0 Å². The minimum absolute atomic E-state index is 0.00138. The molecule has 0 heterocycles. The zero-order valence-corrected chi connectivity index (χ0v) is 9.48. The zero-order valence-electron chi connectivity index (χ0n) is 9.48. The van der Waals surface area contributed by atoms with Crippen LogP contribution in [0, 0.1) is 17.5 Å². The maximum absolute atomic E-state index is 13.1. The van der Waals surface area contributed by atoms with Gasteiger partial charge in [-0.05, 0) is 30.3 Å². The number of nitrogens with zero attached hydrogens (tertiary/aromatic N) is 1. The summed E-state index contributed by atoms with van der Waals surface area (Å²) in [6.07, 6.45) is -1.43. The molecule has 0 spiro atoms. The van der Waals surface area contributed by atoms with E-state index in [2.05, 4.69) is 0 Å². The molecule has 2 aromatic rings. The Kier molecular flexibility index (Phi) is 3.41. The Labute approximate surface area is 106 Å². The Hall–Kier alpha value is -2.50. The van der Waals surface area contributed by atoms with E-state index in [-0.39, 0.29) is 11.4 Å². The summed E-state index contributed by atoms with van der Waals surface area (Å²) < 4.78 is 39.1. The fourth-order valence-electron chi connectivity index (χ4n) is 1.61. The van der Waals surface area contributed by atoms with Crippen LogP contribution in [0.3, 0.4) is 0 Å². The number of rotatable bonds is 2. The first-order valence-electron chi connectivity index (χ1n) is 5.22. The maximum atomic E-state index is 13.1. The number of hydrogen-bond donors (Lipinski definition) is 1. The van der Waals surface area contributed by atoms with Crippen LogP contribution in [0.2, 0.25) is 0 Å². The SMILES string of the molecule is O=C(O)N(c1cccc(F)c1)c1ccc(F)c(F)c1. The smallest absolute Gasteiger partial charge is 0.416 e. The second-order valence-corrected chi connectivity index (χ2v) is 3.70. The quantitative estimate of drug-likeness (QED) is 0.895. The molecule has 1 N–H and O–H groups in total. The van der Waals surface area contributed by atoms with Gasteiger partial charge in [0, 0.05) is 6.07 Å². The van der Waals surface area contributed by atoms with E-state index in [0.29, 0.717) is 4.90 Å². The molecule has 0 radical (unpaired) electrons. The van der Waals surface area contributed by atoms with Gasteiger partial charge in [0.15, 0.2) is 11.6 Å². The lowest BCUT2D eigenvalue weighted by atomic mass is 10.2. The fraction of sp³-hybridized carbons (Fsp3) is 0.